The van der Waals surface area contributed by atoms with Gasteiger partial charge in [-0.15, -0.1) is 0 Å². The molecule has 0 bridgehead atoms. The molecule has 1 aromatic heterocycles. The Balaban J connectivity index is 1.98. The minimum Gasteiger partial charge on any atom is -0.313 e. The number of nitrogens with one attached hydrogen (secondary N) is 1. The molecule has 3 aromatic rings. The Bertz CT molecular complexity index is 1160. The van der Waals surface area contributed by atoms with Crippen LogP contribution in [-0.4, -0.2) is 19.7 Å². The maximum atomic E-state index is 14.3. The van der Waals surface area contributed by atoms with Crippen molar-refractivity contribution in [3.8, 4) is 6.07 Å². The summed E-state index contributed by atoms with van der Waals surface area (Å²) < 4.78 is 40.1. The highest BCUT2D eigenvalue weighted by Crippen LogP contribution is 2.36. The Morgan fingerprint density at radius 2 is 1.93 bits per heavy atom. The van der Waals surface area contributed by atoms with E-state index in [0.29, 0.717) is 25.7 Å². The lowest BCUT2D eigenvalue weighted by molar-refractivity contribution is 0.586. The number of nitrogens with zero attached hydrogens (tertiary/aromatic N) is 3. The van der Waals surface area contributed by atoms with E-state index in [0.717, 1.165) is 11.9 Å². The molecule has 0 amide bonds. The van der Waals surface area contributed by atoms with Crippen molar-refractivity contribution in [3.05, 3.63) is 75.0 Å². The molecule has 0 aliphatic rings. The van der Waals surface area contributed by atoms with E-state index in [1.165, 1.54) is 17.4 Å². The van der Waals surface area contributed by atoms with Gasteiger partial charge in [-0.05, 0) is 46.3 Å². The van der Waals surface area contributed by atoms with Crippen molar-refractivity contribution < 1.29 is 12.8 Å². The van der Waals surface area contributed by atoms with Crippen LogP contribution in [0.15, 0.2) is 52.3 Å². The second-order valence-corrected chi connectivity index (χ2v) is 10.3. The molecule has 0 fully saturated rings. The zero-order chi connectivity index (χ0) is 21.0. The third kappa shape index (κ3) is 5.61. The number of thiazole rings is 1. The number of halogens is 2. The number of anilines is 2. The number of benzene rings is 2. The average molecular weight is 495 g/mol. The van der Waals surface area contributed by atoms with E-state index in [4.69, 9.17) is 5.26 Å². The van der Waals surface area contributed by atoms with Gasteiger partial charge in [0.25, 0.3) is 0 Å². The molecule has 0 aliphatic carbocycles. The molecule has 1 heterocycles. The van der Waals surface area contributed by atoms with Crippen LogP contribution < -0.4 is 9.62 Å². The molecule has 150 valence electrons. The fourth-order valence-electron chi connectivity index (χ4n) is 2.53. The van der Waals surface area contributed by atoms with Crippen LogP contribution in [0.2, 0.25) is 0 Å². The van der Waals surface area contributed by atoms with E-state index in [-0.39, 0.29) is 18.9 Å². The molecule has 6 nitrogen and oxygen atoms in total. The smallest absolute Gasteiger partial charge is 0.209 e. The van der Waals surface area contributed by atoms with Gasteiger partial charge in [0.2, 0.25) is 10.0 Å². The highest BCUT2D eigenvalue weighted by atomic mass is 79.9. The Morgan fingerprint density at radius 3 is 2.55 bits per heavy atom. The Morgan fingerprint density at radius 1 is 1.24 bits per heavy atom. The third-order valence-corrected chi connectivity index (χ3v) is 6.49. The number of nitriles is 1. The summed E-state index contributed by atoms with van der Waals surface area (Å²) in [7, 11) is -3.36. The van der Waals surface area contributed by atoms with Gasteiger partial charge in [0.15, 0.2) is 5.13 Å². The van der Waals surface area contributed by atoms with E-state index in [2.05, 4.69) is 31.7 Å². The van der Waals surface area contributed by atoms with Gasteiger partial charge in [-0.2, -0.15) is 5.26 Å². The summed E-state index contributed by atoms with van der Waals surface area (Å²) >= 11 is 4.74. The second kappa shape index (κ2) is 9.00. The summed E-state index contributed by atoms with van der Waals surface area (Å²) in [6.45, 7) is 0.258. The molecule has 0 saturated heterocycles. The zero-order valence-electron chi connectivity index (χ0n) is 15.3. The standard InChI is InChI=1S/C19H16BrFN4O2S2/c1-29(26,27)23-11-17-18(20)28-19(24-17)25(12-14-4-2-3-5-16(14)21)15-8-6-13(10-22)7-9-15/h2-9,23H,11-12H2,1H3. The van der Waals surface area contributed by atoms with Gasteiger partial charge in [0.1, 0.15) is 5.82 Å². The minimum atomic E-state index is -3.36. The van der Waals surface area contributed by atoms with Crippen LogP contribution in [0.25, 0.3) is 0 Å². The molecule has 0 saturated carbocycles. The number of aromatic nitrogens is 1. The van der Waals surface area contributed by atoms with Crippen molar-refractivity contribution in [2.24, 2.45) is 0 Å². The van der Waals surface area contributed by atoms with E-state index >= 15 is 0 Å². The molecule has 0 aliphatic heterocycles. The predicted octanol–water partition coefficient (Wildman–Crippen LogP) is 4.30. The average Bonchev–Trinajstić information content (AvgIpc) is 3.06. The Hall–Kier alpha value is -2.32. The summed E-state index contributed by atoms with van der Waals surface area (Å²) in [5.41, 5.74) is 2.26. The molecule has 3 rings (SSSR count). The maximum Gasteiger partial charge on any atom is 0.209 e. The van der Waals surface area contributed by atoms with Crippen molar-refractivity contribution in [2.75, 3.05) is 11.2 Å². The van der Waals surface area contributed by atoms with Crippen LogP contribution in [0.3, 0.4) is 0 Å². The Labute approximate surface area is 180 Å². The highest BCUT2D eigenvalue weighted by Gasteiger charge is 2.19. The van der Waals surface area contributed by atoms with Gasteiger partial charge in [-0.25, -0.2) is 22.5 Å². The minimum absolute atomic E-state index is 0.0385. The van der Waals surface area contributed by atoms with Gasteiger partial charge in [0.05, 0.1) is 40.5 Å². The summed E-state index contributed by atoms with van der Waals surface area (Å²) in [6.07, 6.45) is 1.08. The molecular formula is C19H16BrFN4O2S2. The topological polar surface area (TPSA) is 86.1 Å². The summed E-state index contributed by atoms with van der Waals surface area (Å²) in [4.78, 5) is 6.36. The van der Waals surface area contributed by atoms with Crippen LogP contribution in [0.4, 0.5) is 15.2 Å². The second-order valence-electron chi connectivity index (χ2n) is 6.15. The summed E-state index contributed by atoms with van der Waals surface area (Å²) in [6, 6.07) is 15.4. The summed E-state index contributed by atoms with van der Waals surface area (Å²) in [5, 5.41) is 9.60. The van der Waals surface area contributed by atoms with Gasteiger partial charge >= 0.3 is 0 Å². The number of hydrogen-bond donors (Lipinski definition) is 1. The van der Waals surface area contributed by atoms with E-state index in [1.54, 1.807) is 42.5 Å². The number of rotatable bonds is 7. The monoisotopic (exact) mass is 494 g/mol. The fraction of sp³-hybridized carbons (Fsp3) is 0.158. The van der Waals surface area contributed by atoms with Crippen LogP contribution in [0.5, 0.6) is 0 Å². The molecule has 10 heteroatoms. The number of sulfonamides is 1. The lowest BCUT2D eigenvalue weighted by Gasteiger charge is -2.22. The molecule has 1 N–H and O–H groups in total. The first-order chi connectivity index (χ1) is 13.8. The molecule has 0 atom stereocenters. The van der Waals surface area contributed by atoms with E-state index < -0.39 is 10.0 Å². The molecule has 0 unspecified atom stereocenters. The molecule has 0 radical (unpaired) electrons. The molecule has 29 heavy (non-hydrogen) atoms. The molecule has 0 spiro atoms. The van der Waals surface area contributed by atoms with Crippen LogP contribution >= 0.6 is 27.3 Å². The first-order valence-electron chi connectivity index (χ1n) is 8.38. The van der Waals surface area contributed by atoms with Gasteiger partial charge in [0, 0.05) is 11.3 Å². The first kappa shape index (κ1) is 21.4. The third-order valence-electron chi connectivity index (χ3n) is 3.97. The molecule has 2 aromatic carbocycles. The van der Waals surface area contributed by atoms with Crippen molar-refractivity contribution in [1.82, 2.24) is 9.71 Å². The lowest BCUT2D eigenvalue weighted by atomic mass is 10.1. The van der Waals surface area contributed by atoms with E-state index in [1.807, 2.05) is 4.90 Å². The van der Waals surface area contributed by atoms with Crippen LogP contribution in [-0.2, 0) is 23.1 Å². The first-order valence-corrected chi connectivity index (χ1v) is 11.9. The number of hydrogen-bond acceptors (Lipinski definition) is 6. The van der Waals surface area contributed by atoms with E-state index in [9.17, 15) is 12.8 Å². The summed E-state index contributed by atoms with van der Waals surface area (Å²) in [5.74, 6) is -0.333. The highest BCUT2D eigenvalue weighted by molar-refractivity contribution is 9.11. The lowest BCUT2D eigenvalue weighted by Crippen LogP contribution is -2.22. The van der Waals surface area contributed by atoms with Crippen LogP contribution in [0.1, 0.15) is 16.8 Å². The van der Waals surface area contributed by atoms with Crippen molar-refractivity contribution in [1.29, 1.82) is 5.26 Å². The largest absolute Gasteiger partial charge is 0.313 e. The maximum absolute atomic E-state index is 14.3. The fourth-order valence-corrected chi connectivity index (χ4v) is 4.42. The van der Waals surface area contributed by atoms with Crippen molar-refractivity contribution in [2.45, 2.75) is 13.1 Å². The van der Waals surface area contributed by atoms with Crippen molar-refractivity contribution in [3.63, 3.8) is 0 Å². The zero-order valence-corrected chi connectivity index (χ0v) is 18.5. The van der Waals surface area contributed by atoms with Crippen LogP contribution in [0, 0.1) is 17.1 Å². The normalized spacial score (nSPS) is 11.2. The Kier molecular flexibility index (Phi) is 6.64. The predicted molar refractivity (Wildman–Crippen MR) is 115 cm³/mol. The quantitative estimate of drug-likeness (QED) is 0.528. The molecular weight excluding hydrogens is 479 g/mol. The van der Waals surface area contributed by atoms with Gasteiger partial charge < -0.3 is 4.90 Å². The van der Waals surface area contributed by atoms with Crippen molar-refractivity contribution >= 4 is 48.1 Å². The van der Waals surface area contributed by atoms with Gasteiger partial charge in [-0.3, -0.25) is 0 Å². The van der Waals surface area contributed by atoms with Gasteiger partial charge in [-0.1, -0.05) is 29.5 Å². The SMILES string of the molecule is CS(=O)(=O)NCc1nc(N(Cc2ccccc2F)c2ccc(C#N)cc2)sc1Br.